The van der Waals surface area contributed by atoms with E-state index in [1.54, 1.807) is 0 Å². The van der Waals surface area contributed by atoms with Crippen LogP contribution in [0.3, 0.4) is 0 Å². The van der Waals surface area contributed by atoms with Crippen LogP contribution in [-0.2, 0) is 0 Å². The molecule has 0 spiro atoms. The Morgan fingerprint density at radius 2 is 1.76 bits per heavy atom. The highest BCUT2D eigenvalue weighted by molar-refractivity contribution is 5.86. The van der Waals surface area contributed by atoms with Crippen molar-refractivity contribution >= 4 is 16.9 Å². The summed E-state index contributed by atoms with van der Waals surface area (Å²) in [6.07, 6.45) is -1.01. The minimum atomic E-state index is -1.01. The molecule has 1 saturated heterocycles. The summed E-state index contributed by atoms with van der Waals surface area (Å²) in [5.41, 5.74) is 5.08. The van der Waals surface area contributed by atoms with E-state index in [-0.39, 0.29) is 12.0 Å². The van der Waals surface area contributed by atoms with Crippen LogP contribution < -0.4 is 10.7 Å². The minimum absolute atomic E-state index is 0.207. The fourth-order valence-corrected chi connectivity index (χ4v) is 4.45. The van der Waals surface area contributed by atoms with Gasteiger partial charge in [-0.25, -0.2) is 9.80 Å². The molecule has 0 unspecified atom stereocenters. The largest absolute Gasteiger partial charge is 0.464 e. The number of rotatable bonds is 6. The SMILES string of the molecule is C[C@@H](NC[C@@H]1CN(NC(=O)O)C[C@@H]1c1ccccc1)c1cccc2ccccc12. The van der Waals surface area contributed by atoms with Crippen LogP contribution in [0.5, 0.6) is 0 Å². The molecule has 3 N–H and O–H groups in total. The molecule has 4 rings (SSSR count). The van der Waals surface area contributed by atoms with Crippen molar-refractivity contribution in [3.05, 3.63) is 83.9 Å². The van der Waals surface area contributed by atoms with E-state index in [0.29, 0.717) is 19.0 Å². The maximum Gasteiger partial charge on any atom is 0.419 e. The van der Waals surface area contributed by atoms with Crippen molar-refractivity contribution in [2.75, 3.05) is 19.6 Å². The maximum absolute atomic E-state index is 11.1. The molecule has 0 bridgehead atoms. The number of amides is 1. The van der Waals surface area contributed by atoms with Crippen LogP contribution in [0.1, 0.15) is 30.0 Å². The van der Waals surface area contributed by atoms with Gasteiger partial charge in [-0.3, -0.25) is 5.43 Å². The summed E-state index contributed by atoms with van der Waals surface area (Å²) in [6.45, 7) is 4.40. The smallest absolute Gasteiger partial charge is 0.419 e. The van der Waals surface area contributed by atoms with Crippen LogP contribution >= 0.6 is 0 Å². The fraction of sp³-hybridized carbons (Fsp3) is 0.292. The lowest BCUT2D eigenvalue weighted by atomic mass is 9.88. The Hall–Kier alpha value is -2.89. The highest BCUT2D eigenvalue weighted by atomic mass is 16.4. The Morgan fingerprint density at radius 1 is 1.03 bits per heavy atom. The summed E-state index contributed by atoms with van der Waals surface area (Å²) in [4.78, 5) is 11.1. The van der Waals surface area contributed by atoms with Gasteiger partial charge in [-0.1, -0.05) is 72.8 Å². The first-order chi connectivity index (χ1) is 14.1. The molecule has 3 atom stereocenters. The van der Waals surface area contributed by atoms with Crippen molar-refractivity contribution in [1.82, 2.24) is 15.8 Å². The van der Waals surface area contributed by atoms with Gasteiger partial charge in [0.05, 0.1) is 0 Å². The zero-order valence-corrected chi connectivity index (χ0v) is 16.6. The van der Waals surface area contributed by atoms with E-state index in [4.69, 9.17) is 5.11 Å². The number of hydrazine groups is 1. The summed E-state index contributed by atoms with van der Waals surface area (Å²) in [5, 5.41) is 17.2. The molecule has 0 aliphatic carbocycles. The van der Waals surface area contributed by atoms with Gasteiger partial charge in [0, 0.05) is 31.6 Å². The third-order valence-electron chi connectivity index (χ3n) is 5.90. The van der Waals surface area contributed by atoms with E-state index >= 15 is 0 Å². The molecular weight excluding hydrogens is 362 g/mol. The van der Waals surface area contributed by atoms with Crippen molar-refractivity contribution < 1.29 is 9.90 Å². The predicted octanol–water partition coefficient (Wildman–Crippen LogP) is 4.39. The molecule has 1 amide bonds. The predicted molar refractivity (Wildman–Crippen MR) is 116 cm³/mol. The summed E-state index contributed by atoms with van der Waals surface area (Å²) in [5.74, 6) is 0.608. The number of fused-ring (bicyclic) bond motifs is 1. The molecular formula is C24H27N3O2. The van der Waals surface area contributed by atoms with Crippen LogP contribution in [0, 0.1) is 5.92 Å². The van der Waals surface area contributed by atoms with Crippen LogP contribution in [0.2, 0.25) is 0 Å². The molecule has 5 nitrogen and oxygen atoms in total. The van der Waals surface area contributed by atoms with E-state index in [1.807, 2.05) is 23.2 Å². The summed E-state index contributed by atoms with van der Waals surface area (Å²) in [6, 6.07) is 25.5. The van der Waals surface area contributed by atoms with Gasteiger partial charge in [0.15, 0.2) is 0 Å². The Kier molecular flexibility index (Phi) is 5.79. The molecule has 3 aromatic rings. The normalized spacial score (nSPS) is 20.6. The highest BCUT2D eigenvalue weighted by Crippen LogP contribution is 2.32. The first kappa shape index (κ1) is 19.4. The van der Waals surface area contributed by atoms with Crippen LogP contribution in [-0.4, -0.2) is 35.8 Å². The zero-order chi connectivity index (χ0) is 20.2. The molecule has 0 radical (unpaired) electrons. The quantitative estimate of drug-likeness (QED) is 0.585. The highest BCUT2D eigenvalue weighted by Gasteiger charge is 2.34. The van der Waals surface area contributed by atoms with E-state index in [1.165, 1.54) is 21.9 Å². The van der Waals surface area contributed by atoms with Gasteiger partial charge in [-0.2, -0.15) is 0 Å². The molecule has 1 heterocycles. The Balaban J connectivity index is 1.49. The first-order valence-electron chi connectivity index (χ1n) is 10.1. The summed E-state index contributed by atoms with van der Waals surface area (Å²) >= 11 is 0. The van der Waals surface area contributed by atoms with Gasteiger partial charge in [0.2, 0.25) is 0 Å². The number of carboxylic acid groups (broad SMARTS) is 1. The molecule has 1 fully saturated rings. The Bertz CT molecular complexity index is 971. The average molecular weight is 389 g/mol. The molecule has 5 heteroatoms. The maximum atomic E-state index is 11.1. The van der Waals surface area contributed by atoms with Gasteiger partial charge in [-0.15, -0.1) is 0 Å². The van der Waals surface area contributed by atoms with E-state index < -0.39 is 6.09 Å². The third kappa shape index (κ3) is 4.42. The van der Waals surface area contributed by atoms with E-state index in [9.17, 15) is 4.79 Å². The zero-order valence-electron chi connectivity index (χ0n) is 16.6. The third-order valence-corrected chi connectivity index (χ3v) is 5.90. The van der Waals surface area contributed by atoms with Crippen molar-refractivity contribution in [3.63, 3.8) is 0 Å². The Morgan fingerprint density at radius 3 is 2.55 bits per heavy atom. The topological polar surface area (TPSA) is 64.6 Å². The average Bonchev–Trinajstić information content (AvgIpc) is 3.14. The number of benzene rings is 3. The second kappa shape index (κ2) is 8.64. The minimum Gasteiger partial charge on any atom is -0.464 e. The summed E-state index contributed by atoms with van der Waals surface area (Å²) in [7, 11) is 0. The van der Waals surface area contributed by atoms with Crippen LogP contribution in [0.25, 0.3) is 10.8 Å². The van der Waals surface area contributed by atoms with Gasteiger partial charge in [0.1, 0.15) is 0 Å². The van der Waals surface area contributed by atoms with Gasteiger partial charge in [0.25, 0.3) is 0 Å². The second-order valence-electron chi connectivity index (χ2n) is 7.80. The van der Waals surface area contributed by atoms with Gasteiger partial charge < -0.3 is 10.4 Å². The molecule has 0 saturated carbocycles. The fourth-order valence-electron chi connectivity index (χ4n) is 4.45. The molecule has 3 aromatic carbocycles. The van der Waals surface area contributed by atoms with Crippen molar-refractivity contribution in [2.24, 2.45) is 5.92 Å². The number of hydrogen-bond acceptors (Lipinski definition) is 3. The standard InChI is InChI=1S/C24H27N3O2/c1-17(21-13-7-11-18-10-5-6-12-22(18)21)25-14-20-15-27(26-24(28)29)16-23(20)19-8-3-2-4-9-19/h2-13,17,20,23,25-26H,14-16H2,1H3,(H,28,29)/t17-,20-,23-/m1/s1. The van der Waals surface area contributed by atoms with Crippen LogP contribution in [0.15, 0.2) is 72.8 Å². The lowest BCUT2D eigenvalue weighted by Crippen LogP contribution is -2.40. The van der Waals surface area contributed by atoms with Crippen LogP contribution in [0.4, 0.5) is 4.79 Å². The Labute approximate surface area is 171 Å². The molecule has 1 aliphatic rings. The molecule has 29 heavy (non-hydrogen) atoms. The first-order valence-corrected chi connectivity index (χ1v) is 10.1. The van der Waals surface area contributed by atoms with Crippen molar-refractivity contribution in [1.29, 1.82) is 0 Å². The molecule has 1 aliphatic heterocycles. The van der Waals surface area contributed by atoms with Gasteiger partial charge >= 0.3 is 6.09 Å². The molecule has 0 aromatic heterocycles. The molecule has 150 valence electrons. The lowest BCUT2D eigenvalue weighted by molar-refractivity contribution is 0.151. The monoisotopic (exact) mass is 389 g/mol. The number of nitrogens with zero attached hydrogens (tertiary/aromatic N) is 1. The van der Waals surface area contributed by atoms with E-state index in [2.05, 4.69) is 72.3 Å². The number of hydrogen-bond donors (Lipinski definition) is 3. The number of carbonyl (C=O) groups is 1. The summed E-state index contributed by atoms with van der Waals surface area (Å²) < 4.78 is 0. The van der Waals surface area contributed by atoms with E-state index in [0.717, 1.165) is 6.54 Å². The van der Waals surface area contributed by atoms with Crippen molar-refractivity contribution in [3.8, 4) is 0 Å². The lowest BCUT2D eigenvalue weighted by Gasteiger charge is -2.23. The van der Waals surface area contributed by atoms with Gasteiger partial charge in [-0.05, 0) is 34.7 Å². The second-order valence-corrected chi connectivity index (χ2v) is 7.80. The number of nitrogens with one attached hydrogen (secondary N) is 2. The van der Waals surface area contributed by atoms with Crippen molar-refractivity contribution in [2.45, 2.75) is 18.9 Å².